The summed E-state index contributed by atoms with van der Waals surface area (Å²) >= 11 is 0. The summed E-state index contributed by atoms with van der Waals surface area (Å²) in [4.78, 5) is 26.8. The first-order valence-electron chi connectivity index (χ1n) is 10.1. The number of nitrogens with one attached hydrogen (secondary N) is 1. The highest BCUT2D eigenvalue weighted by atomic mass is 32.2. The summed E-state index contributed by atoms with van der Waals surface area (Å²) in [6.07, 6.45) is 1.23. The lowest BCUT2D eigenvalue weighted by atomic mass is 9.95. The van der Waals surface area contributed by atoms with Crippen molar-refractivity contribution in [2.75, 3.05) is 18.8 Å². The van der Waals surface area contributed by atoms with E-state index in [1.54, 1.807) is 30.0 Å². The van der Waals surface area contributed by atoms with Crippen molar-refractivity contribution in [1.29, 1.82) is 0 Å². The van der Waals surface area contributed by atoms with Gasteiger partial charge in [-0.3, -0.25) is 9.59 Å². The highest BCUT2D eigenvalue weighted by Gasteiger charge is 2.29. The van der Waals surface area contributed by atoms with E-state index < -0.39 is 9.84 Å². The minimum Gasteiger partial charge on any atom is -0.355 e. The van der Waals surface area contributed by atoms with Crippen LogP contribution in [-0.2, 0) is 14.6 Å². The molecular formula is C21H27N3O5S. The molecule has 0 saturated carbocycles. The third kappa shape index (κ3) is 4.89. The fraction of sp³-hybridized carbons (Fsp3) is 0.476. The van der Waals surface area contributed by atoms with Crippen LogP contribution in [-0.4, -0.2) is 55.2 Å². The molecule has 162 valence electrons. The summed E-state index contributed by atoms with van der Waals surface area (Å²) in [5.74, 6) is 0.142. The van der Waals surface area contributed by atoms with Crippen molar-refractivity contribution in [3.63, 3.8) is 0 Å². The molecule has 1 saturated heterocycles. The van der Waals surface area contributed by atoms with E-state index in [0.29, 0.717) is 37.3 Å². The fourth-order valence-corrected chi connectivity index (χ4v) is 4.30. The number of aromatic nitrogens is 1. The summed E-state index contributed by atoms with van der Waals surface area (Å²) in [6, 6.07) is 7.97. The van der Waals surface area contributed by atoms with Gasteiger partial charge in [-0.15, -0.1) is 0 Å². The quantitative estimate of drug-likeness (QED) is 0.750. The maximum absolute atomic E-state index is 12.7. The minimum absolute atomic E-state index is 0.0309. The Labute approximate surface area is 176 Å². The fourth-order valence-electron chi connectivity index (χ4n) is 3.41. The molecule has 8 nitrogen and oxygen atoms in total. The van der Waals surface area contributed by atoms with Crippen LogP contribution in [0, 0.1) is 5.92 Å². The molecule has 1 aromatic heterocycles. The highest BCUT2D eigenvalue weighted by molar-refractivity contribution is 7.91. The zero-order chi connectivity index (χ0) is 21.9. The molecule has 2 heterocycles. The Bertz CT molecular complexity index is 1000. The Morgan fingerprint density at radius 3 is 2.40 bits per heavy atom. The van der Waals surface area contributed by atoms with Crippen molar-refractivity contribution in [2.45, 2.75) is 44.6 Å². The number of nitrogens with zero attached hydrogens (tertiary/aromatic N) is 2. The molecule has 30 heavy (non-hydrogen) atoms. The molecular weight excluding hydrogens is 406 g/mol. The number of piperidine rings is 1. The third-order valence-corrected chi connectivity index (χ3v) is 6.94. The summed E-state index contributed by atoms with van der Waals surface area (Å²) < 4.78 is 29.2. The first-order chi connectivity index (χ1) is 14.2. The first-order valence-corrected chi connectivity index (χ1v) is 11.8. The zero-order valence-electron chi connectivity index (χ0n) is 17.4. The van der Waals surface area contributed by atoms with Crippen LogP contribution in [0.15, 0.2) is 39.8 Å². The van der Waals surface area contributed by atoms with Crippen molar-refractivity contribution < 1.29 is 22.5 Å². The number of hydrogen-bond donors (Lipinski definition) is 1. The van der Waals surface area contributed by atoms with Crippen LogP contribution in [0.5, 0.6) is 0 Å². The summed E-state index contributed by atoms with van der Waals surface area (Å²) in [5, 5.41) is 6.80. The number of hydrogen-bond acceptors (Lipinski definition) is 6. The van der Waals surface area contributed by atoms with Gasteiger partial charge in [0.1, 0.15) is 0 Å². The average Bonchev–Trinajstić information content (AvgIpc) is 3.23. The molecule has 0 unspecified atom stereocenters. The van der Waals surface area contributed by atoms with E-state index in [1.165, 1.54) is 12.1 Å². The van der Waals surface area contributed by atoms with Crippen LogP contribution in [0.3, 0.4) is 0 Å². The summed E-state index contributed by atoms with van der Waals surface area (Å²) in [6.45, 7) is 6.42. The molecule has 1 aromatic carbocycles. The topological polar surface area (TPSA) is 110 Å². The minimum atomic E-state index is -3.27. The van der Waals surface area contributed by atoms with Crippen molar-refractivity contribution >= 4 is 21.7 Å². The van der Waals surface area contributed by atoms with Gasteiger partial charge in [-0.05, 0) is 51.0 Å². The van der Waals surface area contributed by atoms with Crippen LogP contribution in [0.25, 0.3) is 11.3 Å². The van der Waals surface area contributed by atoms with Gasteiger partial charge in [0.15, 0.2) is 21.3 Å². The Hall–Kier alpha value is -2.68. The molecule has 2 aromatic rings. The summed E-state index contributed by atoms with van der Waals surface area (Å²) in [7, 11) is -3.27. The molecule has 9 heteroatoms. The SMILES string of the molecule is CCS(=O)(=O)c1ccc(-c2cc(C(=O)N3CCC(C(=O)NC(C)C)CC3)no2)cc1. The maximum atomic E-state index is 12.7. The van der Waals surface area contributed by atoms with Gasteiger partial charge in [0.25, 0.3) is 5.91 Å². The molecule has 1 aliphatic rings. The number of rotatable bonds is 6. The second-order valence-electron chi connectivity index (χ2n) is 7.73. The second kappa shape index (κ2) is 8.99. The lowest BCUT2D eigenvalue weighted by Gasteiger charge is -2.31. The molecule has 3 rings (SSSR count). The van der Waals surface area contributed by atoms with Crippen molar-refractivity contribution in [3.8, 4) is 11.3 Å². The van der Waals surface area contributed by atoms with Crippen LogP contribution < -0.4 is 5.32 Å². The van der Waals surface area contributed by atoms with Crippen LogP contribution in [0.1, 0.15) is 44.1 Å². The molecule has 1 aliphatic heterocycles. The van der Waals surface area contributed by atoms with E-state index in [0.717, 1.165) is 0 Å². The smallest absolute Gasteiger partial charge is 0.276 e. The number of amides is 2. The lowest BCUT2D eigenvalue weighted by molar-refractivity contribution is -0.126. The summed E-state index contributed by atoms with van der Waals surface area (Å²) in [5.41, 5.74) is 0.834. The van der Waals surface area contributed by atoms with Crippen LogP contribution in [0.2, 0.25) is 0 Å². The predicted molar refractivity (Wildman–Crippen MR) is 112 cm³/mol. The van der Waals surface area contributed by atoms with Gasteiger partial charge in [0.05, 0.1) is 10.6 Å². The molecule has 1 fully saturated rings. The molecule has 0 spiro atoms. The first kappa shape index (κ1) is 22.0. The maximum Gasteiger partial charge on any atom is 0.276 e. The predicted octanol–water partition coefficient (Wildman–Crippen LogP) is 2.51. The van der Waals surface area contributed by atoms with E-state index in [4.69, 9.17) is 4.52 Å². The molecule has 0 radical (unpaired) electrons. The monoisotopic (exact) mass is 433 g/mol. The zero-order valence-corrected chi connectivity index (χ0v) is 18.2. The standard InChI is InChI=1S/C21H27N3O5S/c1-4-30(27,28)17-7-5-15(6-8-17)19-13-18(23-29-19)21(26)24-11-9-16(10-12-24)20(25)22-14(2)3/h5-8,13-14,16H,4,9-12H2,1-3H3,(H,22,25). The highest BCUT2D eigenvalue weighted by Crippen LogP contribution is 2.24. The van der Waals surface area contributed by atoms with Gasteiger partial charge in [0, 0.05) is 36.7 Å². The van der Waals surface area contributed by atoms with Gasteiger partial charge in [-0.1, -0.05) is 12.1 Å². The molecule has 0 aliphatic carbocycles. The van der Waals surface area contributed by atoms with Gasteiger partial charge in [-0.2, -0.15) is 0 Å². The van der Waals surface area contributed by atoms with Crippen molar-refractivity contribution in [2.24, 2.45) is 5.92 Å². The molecule has 2 amide bonds. The van der Waals surface area contributed by atoms with E-state index in [-0.39, 0.29) is 40.1 Å². The Morgan fingerprint density at radius 2 is 1.83 bits per heavy atom. The van der Waals surface area contributed by atoms with Crippen LogP contribution in [0.4, 0.5) is 0 Å². The lowest BCUT2D eigenvalue weighted by Crippen LogP contribution is -2.44. The number of sulfone groups is 1. The van der Waals surface area contributed by atoms with Crippen molar-refractivity contribution in [1.82, 2.24) is 15.4 Å². The van der Waals surface area contributed by atoms with Gasteiger partial charge >= 0.3 is 0 Å². The van der Waals surface area contributed by atoms with Crippen molar-refractivity contribution in [3.05, 3.63) is 36.0 Å². The van der Waals surface area contributed by atoms with Crippen LogP contribution >= 0.6 is 0 Å². The molecule has 1 N–H and O–H groups in total. The average molecular weight is 434 g/mol. The Balaban J connectivity index is 1.64. The number of benzene rings is 1. The Morgan fingerprint density at radius 1 is 1.20 bits per heavy atom. The van der Waals surface area contributed by atoms with Gasteiger partial charge in [0.2, 0.25) is 5.91 Å². The normalized spacial score (nSPS) is 15.4. The molecule has 0 atom stereocenters. The molecule has 0 bridgehead atoms. The van der Waals surface area contributed by atoms with Gasteiger partial charge < -0.3 is 14.7 Å². The van der Waals surface area contributed by atoms with E-state index in [1.807, 2.05) is 13.8 Å². The Kier molecular flexibility index (Phi) is 6.60. The van der Waals surface area contributed by atoms with E-state index in [2.05, 4.69) is 10.5 Å². The number of likely N-dealkylation sites (tertiary alicyclic amines) is 1. The number of carbonyl (C=O) groups is 2. The van der Waals surface area contributed by atoms with E-state index >= 15 is 0 Å². The van der Waals surface area contributed by atoms with Gasteiger partial charge in [-0.25, -0.2) is 8.42 Å². The number of carbonyl (C=O) groups excluding carboxylic acids is 2. The van der Waals surface area contributed by atoms with E-state index in [9.17, 15) is 18.0 Å². The second-order valence-corrected chi connectivity index (χ2v) is 10.0. The third-order valence-electron chi connectivity index (χ3n) is 5.19. The largest absolute Gasteiger partial charge is 0.355 e.